The smallest absolute Gasteiger partial charge is 0.145 e. The van der Waals surface area contributed by atoms with Gasteiger partial charge in [0.15, 0.2) is 0 Å². The Morgan fingerprint density at radius 2 is 1.94 bits per heavy atom. The van der Waals surface area contributed by atoms with Crippen LogP contribution in [-0.2, 0) is 0 Å². The summed E-state index contributed by atoms with van der Waals surface area (Å²) in [6, 6.07) is 5.99. The fourth-order valence-electron chi connectivity index (χ4n) is 1.47. The number of nitrogens with one attached hydrogen (secondary N) is 2. The van der Waals surface area contributed by atoms with Gasteiger partial charge < -0.3 is 15.4 Å². The van der Waals surface area contributed by atoms with E-state index in [1.807, 2.05) is 0 Å². The Kier molecular flexibility index (Phi) is 3.57. The van der Waals surface area contributed by atoms with Crippen molar-refractivity contribution in [3.05, 3.63) is 36.4 Å². The maximum Gasteiger partial charge on any atom is 0.145 e. The van der Waals surface area contributed by atoms with Crippen LogP contribution in [0, 0.1) is 5.82 Å². The van der Waals surface area contributed by atoms with E-state index in [9.17, 15) is 4.39 Å². The van der Waals surface area contributed by atoms with E-state index >= 15 is 0 Å². The number of nitrogens with zero attached hydrogens (tertiary/aromatic N) is 2. The number of halogens is 1. The third kappa shape index (κ3) is 2.65. The Bertz CT molecular complexity index is 547. The van der Waals surface area contributed by atoms with Crippen molar-refractivity contribution in [3.8, 4) is 5.75 Å². The second-order valence-corrected chi connectivity index (χ2v) is 3.51. The second kappa shape index (κ2) is 5.31. The van der Waals surface area contributed by atoms with E-state index in [1.165, 1.54) is 25.6 Å². The van der Waals surface area contributed by atoms with Crippen molar-refractivity contribution in [3.63, 3.8) is 0 Å². The first-order valence-corrected chi connectivity index (χ1v) is 5.33. The molecule has 0 radical (unpaired) electrons. The zero-order valence-electron chi connectivity index (χ0n) is 10.1. The highest BCUT2D eigenvalue weighted by molar-refractivity contribution is 5.65. The normalized spacial score (nSPS) is 9.94. The summed E-state index contributed by atoms with van der Waals surface area (Å²) in [5, 5.41) is 5.95. The van der Waals surface area contributed by atoms with Crippen molar-refractivity contribution < 1.29 is 9.13 Å². The first-order valence-electron chi connectivity index (χ1n) is 5.33. The first kappa shape index (κ1) is 12.1. The third-order valence-electron chi connectivity index (χ3n) is 2.35. The summed E-state index contributed by atoms with van der Waals surface area (Å²) in [6.45, 7) is 0. The average Bonchev–Trinajstić information content (AvgIpc) is 2.41. The van der Waals surface area contributed by atoms with Crippen LogP contribution in [0.3, 0.4) is 0 Å². The summed E-state index contributed by atoms with van der Waals surface area (Å²) in [7, 11) is 3.25. The second-order valence-electron chi connectivity index (χ2n) is 3.51. The van der Waals surface area contributed by atoms with Crippen LogP contribution in [0.4, 0.5) is 21.7 Å². The molecule has 0 fully saturated rings. The number of rotatable bonds is 4. The van der Waals surface area contributed by atoms with Crippen molar-refractivity contribution in [1.82, 2.24) is 9.97 Å². The maximum atomic E-state index is 13.0. The van der Waals surface area contributed by atoms with Gasteiger partial charge in [0, 0.05) is 19.2 Å². The molecule has 0 spiro atoms. The number of aromatic nitrogens is 2. The lowest BCUT2D eigenvalue weighted by molar-refractivity contribution is 0.413. The summed E-state index contributed by atoms with van der Waals surface area (Å²) in [5.74, 6) is 1.35. The molecule has 6 heteroatoms. The van der Waals surface area contributed by atoms with Gasteiger partial charge in [0.1, 0.15) is 29.5 Å². The van der Waals surface area contributed by atoms with Crippen LogP contribution >= 0.6 is 0 Å². The summed E-state index contributed by atoms with van der Waals surface area (Å²) in [6.07, 6.45) is 1.43. The first-order chi connectivity index (χ1) is 8.72. The fourth-order valence-corrected chi connectivity index (χ4v) is 1.47. The molecule has 2 N–H and O–H groups in total. The summed E-state index contributed by atoms with van der Waals surface area (Å²) in [5.41, 5.74) is 0.639. The number of hydrogen-bond acceptors (Lipinski definition) is 5. The van der Waals surface area contributed by atoms with E-state index in [4.69, 9.17) is 4.74 Å². The van der Waals surface area contributed by atoms with Crippen LogP contribution in [0.15, 0.2) is 30.6 Å². The molecule has 94 valence electrons. The van der Waals surface area contributed by atoms with E-state index in [1.54, 1.807) is 19.2 Å². The van der Waals surface area contributed by atoms with E-state index in [0.29, 0.717) is 23.1 Å². The molecule has 0 saturated carbocycles. The molecule has 0 aliphatic rings. The quantitative estimate of drug-likeness (QED) is 0.870. The Balaban J connectivity index is 2.27. The molecule has 1 aromatic heterocycles. The van der Waals surface area contributed by atoms with Gasteiger partial charge in [-0.05, 0) is 12.1 Å². The molecule has 18 heavy (non-hydrogen) atoms. The van der Waals surface area contributed by atoms with Gasteiger partial charge in [-0.15, -0.1) is 0 Å². The molecular weight excluding hydrogens is 235 g/mol. The van der Waals surface area contributed by atoms with Crippen LogP contribution in [-0.4, -0.2) is 24.1 Å². The van der Waals surface area contributed by atoms with Gasteiger partial charge in [-0.3, -0.25) is 0 Å². The number of methoxy groups -OCH3 is 1. The van der Waals surface area contributed by atoms with E-state index < -0.39 is 0 Å². The standard InChI is InChI=1S/C12H13FN4O/c1-14-11-6-12(16-7-15-11)17-9-4-3-8(13)5-10(9)18-2/h3-7H,1-2H3,(H2,14,15,16,17). The number of anilines is 3. The lowest BCUT2D eigenvalue weighted by Gasteiger charge is -2.10. The molecule has 0 aliphatic heterocycles. The van der Waals surface area contributed by atoms with Gasteiger partial charge in [0.25, 0.3) is 0 Å². The highest BCUT2D eigenvalue weighted by Gasteiger charge is 2.06. The molecular formula is C12H13FN4O. The maximum absolute atomic E-state index is 13.0. The van der Waals surface area contributed by atoms with Crippen LogP contribution in [0.25, 0.3) is 0 Å². The van der Waals surface area contributed by atoms with Crippen molar-refractivity contribution in [2.24, 2.45) is 0 Å². The molecule has 0 amide bonds. The molecule has 2 aromatic rings. The van der Waals surface area contributed by atoms with Crippen molar-refractivity contribution in [2.45, 2.75) is 0 Å². The Hall–Kier alpha value is -2.37. The highest BCUT2D eigenvalue weighted by atomic mass is 19.1. The molecule has 0 unspecified atom stereocenters. The van der Waals surface area contributed by atoms with Crippen molar-refractivity contribution in [1.29, 1.82) is 0 Å². The van der Waals surface area contributed by atoms with Gasteiger partial charge in [0.05, 0.1) is 12.8 Å². The van der Waals surface area contributed by atoms with Crippen molar-refractivity contribution >= 4 is 17.3 Å². The van der Waals surface area contributed by atoms with E-state index in [-0.39, 0.29) is 5.82 Å². The zero-order valence-corrected chi connectivity index (χ0v) is 10.1. The minimum absolute atomic E-state index is 0.351. The van der Waals surface area contributed by atoms with E-state index in [0.717, 1.165) is 0 Å². The van der Waals surface area contributed by atoms with Crippen molar-refractivity contribution in [2.75, 3.05) is 24.8 Å². The monoisotopic (exact) mass is 248 g/mol. The number of ether oxygens (including phenoxy) is 1. The Labute approximate surface area is 104 Å². The minimum atomic E-state index is -0.351. The van der Waals surface area contributed by atoms with Gasteiger partial charge in [-0.1, -0.05) is 0 Å². The number of benzene rings is 1. The van der Waals surface area contributed by atoms with Crippen LogP contribution in [0.2, 0.25) is 0 Å². The SMILES string of the molecule is CNc1cc(Nc2ccc(F)cc2OC)ncn1. The van der Waals surface area contributed by atoms with Gasteiger partial charge >= 0.3 is 0 Å². The Morgan fingerprint density at radius 3 is 2.67 bits per heavy atom. The summed E-state index contributed by atoms with van der Waals surface area (Å²) < 4.78 is 18.1. The van der Waals surface area contributed by atoms with Crippen LogP contribution < -0.4 is 15.4 Å². The average molecular weight is 248 g/mol. The molecule has 0 atom stereocenters. The van der Waals surface area contributed by atoms with Gasteiger partial charge in [-0.2, -0.15) is 0 Å². The predicted molar refractivity (Wildman–Crippen MR) is 67.8 cm³/mol. The number of hydrogen-bond donors (Lipinski definition) is 2. The molecule has 5 nitrogen and oxygen atoms in total. The van der Waals surface area contributed by atoms with Gasteiger partial charge in [-0.25, -0.2) is 14.4 Å². The third-order valence-corrected chi connectivity index (χ3v) is 2.35. The highest BCUT2D eigenvalue weighted by Crippen LogP contribution is 2.27. The lowest BCUT2D eigenvalue weighted by Crippen LogP contribution is -1.99. The van der Waals surface area contributed by atoms with E-state index in [2.05, 4.69) is 20.6 Å². The Morgan fingerprint density at radius 1 is 1.17 bits per heavy atom. The molecule has 0 bridgehead atoms. The molecule has 0 saturated heterocycles. The van der Waals surface area contributed by atoms with Gasteiger partial charge in [0.2, 0.25) is 0 Å². The molecule has 1 heterocycles. The molecule has 1 aromatic carbocycles. The fraction of sp³-hybridized carbons (Fsp3) is 0.167. The predicted octanol–water partition coefficient (Wildman–Crippen LogP) is 2.41. The molecule has 2 rings (SSSR count). The minimum Gasteiger partial charge on any atom is -0.494 e. The van der Waals surface area contributed by atoms with Crippen LogP contribution in [0.5, 0.6) is 5.75 Å². The summed E-state index contributed by atoms with van der Waals surface area (Å²) >= 11 is 0. The lowest BCUT2D eigenvalue weighted by atomic mass is 10.3. The largest absolute Gasteiger partial charge is 0.494 e. The zero-order chi connectivity index (χ0) is 13.0. The summed E-state index contributed by atoms with van der Waals surface area (Å²) in [4.78, 5) is 8.07. The molecule has 0 aliphatic carbocycles. The van der Waals surface area contributed by atoms with Crippen LogP contribution in [0.1, 0.15) is 0 Å². The topological polar surface area (TPSA) is 59.1 Å².